The molecule has 1 aliphatic heterocycles. The molecule has 1 aromatic rings. The zero-order valence-electron chi connectivity index (χ0n) is 13.2. The van der Waals surface area contributed by atoms with Crippen LogP contribution in [0.25, 0.3) is 0 Å². The van der Waals surface area contributed by atoms with Crippen molar-refractivity contribution in [2.45, 2.75) is 31.6 Å². The average molecular weight is 321 g/mol. The van der Waals surface area contributed by atoms with E-state index in [4.69, 9.17) is 4.74 Å². The normalized spacial score (nSPS) is 17.4. The van der Waals surface area contributed by atoms with Crippen molar-refractivity contribution in [2.24, 2.45) is 5.41 Å². The van der Waals surface area contributed by atoms with Gasteiger partial charge in [0.2, 0.25) is 0 Å². The van der Waals surface area contributed by atoms with Gasteiger partial charge in [0.1, 0.15) is 12.4 Å². The molecule has 0 unspecified atom stereocenters. The molecule has 1 aromatic carbocycles. The molecule has 5 heteroatoms. The summed E-state index contributed by atoms with van der Waals surface area (Å²) in [4.78, 5) is 0.362. The van der Waals surface area contributed by atoms with Gasteiger partial charge >= 0.3 is 0 Å². The molecule has 0 bridgehead atoms. The predicted octanol–water partition coefficient (Wildman–Crippen LogP) is 2.25. The monoisotopic (exact) mass is 321 g/mol. The van der Waals surface area contributed by atoms with E-state index in [-0.39, 0.29) is 11.2 Å². The van der Waals surface area contributed by atoms with Gasteiger partial charge in [-0.15, -0.1) is 5.92 Å². The lowest BCUT2D eigenvalue weighted by Crippen LogP contribution is -2.39. The fourth-order valence-corrected chi connectivity index (χ4v) is 4.58. The molecule has 2 rings (SSSR count). The predicted molar refractivity (Wildman–Crippen MR) is 87.7 cm³/mol. The lowest BCUT2D eigenvalue weighted by molar-refractivity contribution is 0.261. The van der Waals surface area contributed by atoms with E-state index in [1.54, 1.807) is 31.2 Å². The molecule has 1 fully saturated rings. The number of hydrogen-bond acceptors (Lipinski definition) is 4. The Hall–Kier alpha value is -1.51. The Labute approximate surface area is 133 Å². The van der Waals surface area contributed by atoms with Gasteiger partial charge in [-0.05, 0) is 62.5 Å². The third kappa shape index (κ3) is 4.49. The molecule has 0 radical (unpaired) electrons. The first kappa shape index (κ1) is 16.9. The largest absolute Gasteiger partial charge is 0.481 e. The summed E-state index contributed by atoms with van der Waals surface area (Å²) in [6.45, 7) is 5.90. The maximum absolute atomic E-state index is 12.6. The smallest absolute Gasteiger partial charge is 0.178 e. The minimum atomic E-state index is -3.27. The Kier molecular flexibility index (Phi) is 5.49. The maximum Gasteiger partial charge on any atom is 0.178 e. The number of sulfone groups is 1. The Morgan fingerprint density at radius 2 is 1.86 bits per heavy atom. The van der Waals surface area contributed by atoms with Crippen molar-refractivity contribution in [3.05, 3.63) is 24.3 Å². The van der Waals surface area contributed by atoms with Crippen molar-refractivity contribution in [2.75, 3.05) is 25.4 Å². The highest BCUT2D eigenvalue weighted by Gasteiger charge is 2.33. The third-order valence-electron chi connectivity index (χ3n) is 4.02. The van der Waals surface area contributed by atoms with Crippen LogP contribution in [0.3, 0.4) is 0 Å². The van der Waals surface area contributed by atoms with E-state index < -0.39 is 9.84 Å². The summed E-state index contributed by atoms with van der Waals surface area (Å²) in [5.41, 5.74) is -0.143. The molecule has 1 N–H and O–H groups in total. The molecule has 4 nitrogen and oxygen atoms in total. The Balaban J connectivity index is 2.06. The van der Waals surface area contributed by atoms with Gasteiger partial charge in [-0.3, -0.25) is 0 Å². The number of benzene rings is 1. The standard InChI is InChI=1S/C17H23NO3S/c1-3-4-13-21-15-5-7-16(8-6-15)22(19,20)14-17(2)9-11-18-12-10-17/h5-8,18H,9-14H2,1-2H3. The highest BCUT2D eigenvalue weighted by atomic mass is 32.2. The third-order valence-corrected chi connectivity index (χ3v) is 6.09. The van der Waals surface area contributed by atoms with Crippen LogP contribution in [0, 0.1) is 17.3 Å². The number of nitrogens with one attached hydrogen (secondary N) is 1. The molecule has 0 atom stereocenters. The average Bonchev–Trinajstić information content (AvgIpc) is 2.48. The Morgan fingerprint density at radius 1 is 1.23 bits per heavy atom. The topological polar surface area (TPSA) is 55.4 Å². The van der Waals surface area contributed by atoms with Crippen molar-refractivity contribution in [1.29, 1.82) is 0 Å². The number of piperidine rings is 1. The van der Waals surface area contributed by atoms with E-state index in [2.05, 4.69) is 24.1 Å². The second-order valence-electron chi connectivity index (χ2n) is 6.01. The summed E-state index contributed by atoms with van der Waals surface area (Å²) in [6.07, 6.45) is 1.78. The van der Waals surface area contributed by atoms with E-state index in [0.29, 0.717) is 17.3 Å². The first-order chi connectivity index (χ1) is 10.5. The molecule has 1 heterocycles. The maximum atomic E-state index is 12.6. The fourth-order valence-electron chi connectivity index (χ4n) is 2.65. The van der Waals surface area contributed by atoms with Crippen molar-refractivity contribution < 1.29 is 13.2 Å². The lowest BCUT2D eigenvalue weighted by atomic mass is 9.83. The molecule has 120 valence electrons. The molecule has 1 saturated heterocycles. The van der Waals surface area contributed by atoms with Crippen molar-refractivity contribution in [3.63, 3.8) is 0 Å². The fraction of sp³-hybridized carbons (Fsp3) is 0.529. The Bertz CT molecular complexity index is 647. The number of hydrogen-bond donors (Lipinski definition) is 1. The molecule has 0 aliphatic carbocycles. The van der Waals surface area contributed by atoms with Crippen molar-refractivity contribution in [1.82, 2.24) is 5.32 Å². The van der Waals surface area contributed by atoms with Gasteiger partial charge in [0, 0.05) is 0 Å². The zero-order valence-corrected chi connectivity index (χ0v) is 14.0. The zero-order chi connectivity index (χ0) is 16.1. The van der Waals surface area contributed by atoms with Crippen LogP contribution in [-0.4, -0.2) is 33.9 Å². The van der Waals surface area contributed by atoms with Crippen LogP contribution in [0.5, 0.6) is 5.75 Å². The van der Waals surface area contributed by atoms with Gasteiger partial charge in [0.25, 0.3) is 0 Å². The van der Waals surface area contributed by atoms with Crippen LogP contribution >= 0.6 is 0 Å². The summed E-state index contributed by atoms with van der Waals surface area (Å²) < 4.78 is 30.6. The van der Waals surface area contributed by atoms with Crippen LogP contribution in [0.15, 0.2) is 29.2 Å². The van der Waals surface area contributed by atoms with Gasteiger partial charge in [0.05, 0.1) is 10.6 Å². The summed E-state index contributed by atoms with van der Waals surface area (Å²) in [7, 11) is -3.27. The van der Waals surface area contributed by atoms with Gasteiger partial charge in [-0.25, -0.2) is 8.42 Å². The van der Waals surface area contributed by atoms with E-state index in [1.807, 2.05) is 0 Å². The summed E-state index contributed by atoms with van der Waals surface area (Å²) in [6, 6.07) is 6.62. The van der Waals surface area contributed by atoms with Gasteiger partial charge < -0.3 is 10.1 Å². The van der Waals surface area contributed by atoms with Crippen LogP contribution in [0.1, 0.15) is 26.7 Å². The highest BCUT2D eigenvalue weighted by Crippen LogP contribution is 2.32. The SMILES string of the molecule is CC#CCOc1ccc(S(=O)(=O)CC2(C)CCNCC2)cc1. The summed E-state index contributed by atoms with van der Waals surface area (Å²) in [5.74, 6) is 6.38. The van der Waals surface area contributed by atoms with Crippen molar-refractivity contribution >= 4 is 9.84 Å². The first-order valence-electron chi connectivity index (χ1n) is 7.51. The highest BCUT2D eigenvalue weighted by molar-refractivity contribution is 7.91. The molecular weight excluding hydrogens is 298 g/mol. The van der Waals surface area contributed by atoms with E-state index in [9.17, 15) is 8.42 Å². The van der Waals surface area contributed by atoms with E-state index >= 15 is 0 Å². The molecule has 0 amide bonds. The second kappa shape index (κ2) is 7.17. The lowest BCUT2D eigenvalue weighted by Gasteiger charge is -2.33. The van der Waals surface area contributed by atoms with Crippen molar-refractivity contribution in [3.8, 4) is 17.6 Å². The Morgan fingerprint density at radius 3 is 2.45 bits per heavy atom. The van der Waals surface area contributed by atoms with Gasteiger partial charge in [-0.2, -0.15) is 0 Å². The molecule has 0 aromatic heterocycles. The van der Waals surface area contributed by atoms with Crippen LogP contribution in [0.4, 0.5) is 0 Å². The molecular formula is C17H23NO3S. The van der Waals surface area contributed by atoms with Gasteiger partial charge in [0.15, 0.2) is 9.84 Å². The molecule has 0 spiro atoms. The summed E-state index contributed by atoms with van der Waals surface area (Å²) in [5, 5.41) is 3.27. The molecule has 1 aliphatic rings. The minimum absolute atomic E-state index is 0.143. The number of rotatable bonds is 5. The van der Waals surface area contributed by atoms with Crippen LogP contribution in [-0.2, 0) is 9.84 Å². The summed E-state index contributed by atoms with van der Waals surface area (Å²) >= 11 is 0. The minimum Gasteiger partial charge on any atom is -0.481 e. The quantitative estimate of drug-likeness (QED) is 0.845. The van der Waals surface area contributed by atoms with Gasteiger partial charge in [-0.1, -0.05) is 12.8 Å². The van der Waals surface area contributed by atoms with Crippen LogP contribution in [0.2, 0.25) is 0 Å². The van der Waals surface area contributed by atoms with E-state index in [0.717, 1.165) is 25.9 Å². The number of ether oxygens (including phenoxy) is 1. The van der Waals surface area contributed by atoms with Crippen LogP contribution < -0.4 is 10.1 Å². The molecule has 0 saturated carbocycles. The second-order valence-corrected chi connectivity index (χ2v) is 8.00. The molecule has 22 heavy (non-hydrogen) atoms. The van der Waals surface area contributed by atoms with E-state index in [1.165, 1.54) is 0 Å². The first-order valence-corrected chi connectivity index (χ1v) is 9.16.